The summed E-state index contributed by atoms with van der Waals surface area (Å²) in [4.78, 5) is -0.175. The van der Waals surface area contributed by atoms with Gasteiger partial charge in [0, 0.05) is 5.41 Å². The molecule has 0 aromatic heterocycles. The van der Waals surface area contributed by atoms with Crippen LogP contribution in [0.1, 0.15) is 5.56 Å². The van der Waals surface area contributed by atoms with Crippen LogP contribution in [0.3, 0.4) is 0 Å². The van der Waals surface area contributed by atoms with Gasteiger partial charge in [-0.2, -0.15) is 0 Å². The van der Waals surface area contributed by atoms with E-state index >= 15 is 0 Å². The Hall–Kier alpha value is -1.23. The van der Waals surface area contributed by atoms with E-state index in [2.05, 4.69) is 0 Å². The first-order valence-corrected chi connectivity index (χ1v) is 4.97. The predicted octanol–water partition coefficient (Wildman–Crippen LogP) is 1.72. The molecule has 0 N–H and O–H groups in total. The van der Waals surface area contributed by atoms with E-state index in [4.69, 9.17) is 0 Å². The maximum absolute atomic E-state index is 12.7. The quantitative estimate of drug-likeness (QED) is 0.600. The number of hydrogen-bond donors (Lipinski definition) is 0. The molecule has 0 bridgehead atoms. The molecule has 1 aromatic rings. The molecule has 2 rings (SSSR count). The predicted molar refractivity (Wildman–Crippen MR) is 42.6 cm³/mol. The molecule has 0 amide bonds. The smallest absolute Gasteiger partial charge is 0.200 e. The fraction of sp³-hybridized carbons (Fsp3) is 0. The van der Waals surface area contributed by atoms with Crippen LogP contribution in [-0.2, 0) is 9.84 Å². The van der Waals surface area contributed by atoms with Crippen LogP contribution >= 0.6 is 0 Å². The average molecular weight is 202 g/mol. The van der Waals surface area contributed by atoms with E-state index in [0.717, 1.165) is 11.5 Å². The minimum absolute atomic E-state index is 0.175. The Labute approximate surface area is 73.4 Å². The molecular weight excluding hydrogens is 198 g/mol. The summed E-state index contributed by atoms with van der Waals surface area (Å²) in [6.45, 7) is 0. The molecule has 68 valence electrons. The standard InChI is InChI=1S/C8H4F2O2S/c9-6-3-5-1-2-13(11,12)8(5)4-7(6)10/h1-4H. The number of sulfone groups is 1. The van der Waals surface area contributed by atoms with Crippen LogP contribution in [0, 0.1) is 11.6 Å². The van der Waals surface area contributed by atoms with Crippen LogP contribution in [0.4, 0.5) is 8.78 Å². The molecule has 0 unspecified atom stereocenters. The number of halogens is 2. The van der Waals surface area contributed by atoms with E-state index < -0.39 is 21.5 Å². The van der Waals surface area contributed by atoms with Crippen molar-refractivity contribution in [2.24, 2.45) is 0 Å². The maximum Gasteiger partial charge on any atom is 0.200 e. The monoisotopic (exact) mass is 202 g/mol. The maximum atomic E-state index is 12.7. The van der Waals surface area contributed by atoms with Gasteiger partial charge in [-0.15, -0.1) is 0 Å². The highest BCUT2D eigenvalue weighted by molar-refractivity contribution is 7.94. The molecule has 0 saturated heterocycles. The molecule has 0 spiro atoms. The van der Waals surface area contributed by atoms with Gasteiger partial charge in [0.15, 0.2) is 11.6 Å². The van der Waals surface area contributed by atoms with E-state index in [0.29, 0.717) is 6.07 Å². The van der Waals surface area contributed by atoms with Crippen LogP contribution in [0.2, 0.25) is 0 Å². The molecule has 0 saturated carbocycles. The van der Waals surface area contributed by atoms with Crippen molar-refractivity contribution in [3.8, 4) is 0 Å². The Morgan fingerprint density at radius 2 is 1.69 bits per heavy atom. The number of rotatable bonds is 0. The molecular formula is C8H4F2O2S. The lowest BCUT2D eigenvalue weighted by atomic mass is 10.2. The zero-order valence-electron chi connectivity index (χ0n) is 6.29. The fourth-order valence-corrected chi connectivity index (χ4v) is 2.35. The summed E-state index contributed by atoms with van der Waals surface area (Å²) >= 11 is 0. The van der Waals surface area contributed by atoms with Crippen molar-refractivity contribution in [2.45, 2.75) is 4.90 Å². The molecule has 0 fully saturated rings. The van der Waals surface area contributed by atoms with Crippen molar-refractivity contribution >= 4 is 15.9 Å². The lowest BCUT2D eigenvalue weighted by Crippen LogP contribution is -1.96. The second-order valence-corrected chi connectivity index (χ2v) is 4.45. The van der Waals surface area contributed by atoms with Crippen LogP contribution in [-0.4, -0.2) is 8.42 Å². The average Bonchev–Trinajstić information content (AvgIpc) is 2.31. The van der Waals surface area contributed by atoms with E-state index in [1.807, 2.05) is 0 Å². The first kappa shape index (κ1) is 8.37. The highest BCUT2D eigenvalue weighted by atomic mass is 32.2. The summed E-state index contributed by atoms with van der Waals surface area (Å²) < 4.78 is 47.6. The normalized spacial score (nSPS) is 17.4. The van der Waals surface area contributed by atoms with Crippen LogP contribution in [0.25, 0.3) is 6.08 Å². The van der Waals surface area contributed by atoms with Gasteiger partial charge in [-0.05, 0) is 23.8 Å². The second kappa shape index (κ2) is 2.38. The van der Waals surface area contributed by atoms with Crippen LogP contribution in [0.5, 0.6) is 0 Å². The summed E-state index contributed by atoms with van der Waals surface area (Å²) in [7, 11) is -3.53. The Balaban J connectivity index is 2.81. The minimum atomic E-state index is -3.53. The zero-order chi connectivity index (χ0) is 9.64. The third-order valence-corrected chi connectivity index (χ3v) is 3.25. The third kappa shape index (κ3) is 1.16. The molecule has 0 aliphatic carbocycles. The summed E-state index contributed by atoms with van der Waals surface area (Å²) in [6.07, 6.45) is 1.24. The first-order chi connectivity index (χ1) is 6.00. The highest BCUT2D eigenvalue weighted by Gasteiger charge is 2.22. The lowest BCUT2D eigenvalue weighted by molar-refractivity contribution is 0.504. The van der Waals surface area contributed by atoms with Crippen LogP contribution < -0.4 is 0 Å². The van der Waals surface area contributed by atoms with Gasteiger partial charge in [-0.25, -0.2) is 17.2 Å². The topological polar surface area (TPSA) is 34.1 Å². The van der Waals surface area contributed by atoms with Crippen molar-refractivity contribution in [3.63, 3.8) is 0 Å². The summed E-state index contributed by atoms with van der Waals surface area (Å²) in [5.74, 6) is -2.19. The Bertz CT molecular complexity index is 503. The molecule has 1 aromatic carbocycles. The number of benzene rings is 1. The van der Waals surface area contributed by atoms with Crippen molar-refractivity contribution < 1.29 is 17.2 Å². The minimum Gasteiger partial charge on any atom is -0.219 e. The van der Waals surface area contributed by atoms with Gasteiger partial charge in [0.1, 0.15) is 0 Å². The third-order valence-electron chi connectivity index (χ3n) is 1.79. The zero-order valence-corrected chi connectivity index (χ0v) is 7.11. The lowest BCUT2D eigenvalue weighted by Gasteiger charge is -1.98. The Morgan fingerprint density at radius 3 is 2.38 bits per heavy atom. The van der Waals surface area contributed by atoms with Crippen molar-refractivity contribution in [3.05, 3.63) is 34.7 Å². The first-order valence-electron chi connectivity index (χ1n) is 3.43. The van der Waals surface area contributed by atoms with Gasteiger partial charge >= 0.3 is 0 Å². The molecule has 1 heterocycles. The van der Waals surface area contributed by atoms with Crippen LogP contribution in [0.15, 0.2) is 22.4 Å². The SMILES string of the molecule is O=S1(=O)C=Cc2cc(F)c(F)cc21. The molecule has 2 nitrogen and oxygen atoms in total. The van der Waals surface area contributed by atoms with E-state index in [1.165, 1.54) is 6.08 Å². The molecule has 1 aliphatic heterocycles. The molecule has 0 atom stereocenters. The highest BCUT2D eigenvalue weighted by Crippen LogP contribution is 2.28. The number of fused-ring (bicyclic) bond motifs is 1. The summed E-state index contributed by atoms with van der Waals surface area (Å²) in [5.41, 5.74) is 0.193. The van der Waals surface area contributed by atoms with Crippen molar-refractivity contribution in [1.82, 2.24) is 0 Å². The molecule has 5 heteroatoms. The molecule has 0 radical (unpaired) electrons. The van der Waals surface area contributed by atoms with E-state index in [9.17, 15) is 17.2 Å². The van der Waals surface area contributed by atoms with E-state index in [-0.39, 0.29) is 10.5 Å². The van der Waals surface area contributed by atoms with Crippen molar-refractivity contribution in [1.29, 1.82) is 0 Å². The molecule has 13 heavy (non-hydrogen) atoms. The fourth-order valence-electron chi connectivity index (χ4n) is 1.16. The second-order valence-electron chi connectivity index (χ2n) is 2.65. The summed E-state index contributed by atoms with van der Waals surface area (Å²) in [5, 5.41) is 0.927. The largest absolute Gasteiger partial charge is 0.219 e. The Morgan fingerprint density at radius 1 is 1.08 bits per heavy atom. The van der Waals surface area contributed by atoms with Gasteiger partial charge in [0.05, 0.1) is 4.90 Å². The molecule has 1 aliphatic rings. The van der Waals surface area contributed by atoms with Crippen molar-refractivity contribution in [2.75, 3.05) is 0 Å². The van der Waals surface area contributed by atoms with E-state index in [1.54, 1.807) is 0 Å². The van der Waals surface area contributed by atoms with Gasteiger partial charge in [-0.1, -0.05) is 0 Å². The number of hydrogen-bond acceptors (Lipinski definition) is 2. The van der Waals surface area contributed by atoms with Gasteiger partial charge < -0.3 is 0 Å². The van der Waals surface area contributed by atoms with Gasteiger partial charge in [-0.3, -0.25) is 0 Å². The summed E-state index contributed by atoms with van der Waals surface area (Å²) in [6, 6.07) is 1.56. The van der Waals surface area contributed by atoms with Gasteiger partial charge in [0.25, 0.3) is 0 Å². The van der Waals surface area contributed by atoms with Gasteiger partial charge in [0.2, 0.25) is 9.84 Å². The Kier molecular flexibility index (Phi) is 1.53.